The summed E-state index contributed by atoms with van der Waals surface area (Å²) in [7, 11) is 0. The van der Waals surface area contributed by atoms with Crippen LogP contribution >= 0.6 is 0 Å². The summed E-state index contributed by atoms with van der Waals surface area (Å²) in [6.07, 6.45) is 5.01. The number of hydrogen-bond acceptors (Lipinski definition) is 5. The zero-order chi connectivity index (χ0) is 18.1. The van der Waals surface area contributed by atoms with E-state index >= 15 is 0 Å². The van der Waals surface area contributed by atoms with Crippen LogP contribution in [0.25, 0.3) is 0 Å². The van der Waals surface area contributed by atoms with Crippen LogP contribution in [0.15, 0.2) is 11.8 Å². The van der Waals surface area contributed by atoms with Crippen molar-refractivity contribution < 1.29 is 19.2 Å². The number of hydrazine groups is 1. The van der Waals surface area contributed by atoms with Gasteiger partial charge in [0.05, 0.1) is 0 Å². The van der Waals surface area contributed by atoms with Crippen LogP contribution in [0.5, 0.6) is 0 Å². The maximum atomic E-state index is 12.5. The lowest BCUT2D eigenvalue weighted by Crippen LogP contribution is -2.60. The normalized spacial score (nSPS) is 18.5. The number of imide groups is 2. The van der Waals surface area contributed by atoms with Gasteiger partial charge in [-0.15, -0.1) is 0 Å². The molecule has 0 aliphatic carbocycles. The molecule has 1 aliphatic heterocycles. The molecule has 0 bridgehead atoms. The van der Waals surface area contributed by atoms with E-state index in [0.29, 0.717) is 12.8 Å². The number of nitrogens with one attached hydrogen (secondary N) is 3. The molecule has 0 saturated carbocycles. The van der Waals surface area contributed by atoms with E-state index in [9.17, 15) is 19.2 Å². The molecule has 134 valence electrons. The van der Waals surface area contributed by atoms with E-state index in [-0.39, 0.29) is 18.1 Å². The molecule has 1 aliphatic rings. The predicted octanol–water partition coefficient (Wildman–Crippen LogP) is 1.20. The summed E-state index contributed by atoms with van der Waals surface area (Å²) in [4.78, 5) is 49.1. The van der Waals surface area contributed by atoms with Crippen molar-refractivity contribution in [2.45, 2.75) is 52.9 Å². The minimum Gasteiger partial charge on any atom is -0.302 e. The van der Waals surface area contributed by atoms with Gasteiger partial charge in [-0.2, -0.15) is 0 Å². The van der Waals surface area contributed by atoms with E-state index in [2.05, 4.69) is 16.2 Å². The van der Waals surface area contributed by atoms with E-state index in [1.165, 1.54) is 6.08 Å². The Labute approximate surface area is 142 Å². The van der Waals surface area contributed by atoms with Crippen molar-refractivity contribution in [1.29, 1.82) is 0 Å². The molecule has 1 saturated heterocycles. The van der Waals surface area contributed by atoms with Gasteiger partial charge in [0, 0.05) is 18.7 Å². The van der Waals surface area contributed by atoms with Gasteiger partial charge in [0.1, 0.15) is 0 Å². The van der Waals surface area contributed by atoms with Crippen molar-refractivity contribution in [1.82, 2.24) is 21.1 Å². The van der Waals surface area contributed by atoms with Crippen LogP contribution in [0.1, 0.15) is 52.9 Å². The molecule has 0 unspecified atom stereocenters. The minimum atomic E-state index is -1.17. The summed E-state index contributed by atoms with van der Waals surface area (Å²) in [5.74, 6) is -2.67. The molecule has 24 heavy (non-hydrogen) atoms. The number of carbonyl (C=O) groups is 4. The Hall–Kier alpha value is -2.38. The number of allylic oxidation sites excluding steroid dienone is 1. The van der Waals surface area contributed by atoms with Crippen LogP contribution in [0.3, 0.4) is 0 Å². The Kier molecular flexibility index (Phi) is 7.94. The van der Waals surface area contributed by atoms with Crippen molar-refractivity contribution in [3.63, 3.8) is 0 Å². The van der Waals surface area contributed by atoms with Crippen LogP contribution in [-0.2, 0) is 14.4 Å². The maximum absolute atomic E-state index is 12.5. The summed E-state index contributed by atoms with van der Waals surface area (Å²) < 4.78 is 0. The summed E-state index contributed by atoms with van der Waals surface area (Å²) in [6.45, 7) is 5.82. The molecule has 0 aromatic heterocycles. The van der Waals surface area contributed by atoms with Crippen molar-refractivity contribution in [2.75, 3.05) is 6.54 Å². The van der Waals surface area contributed by atoms with Crippen molar-refractivity contribution >= 4 is 23.8 Å². The Bertz CT molecular complexity index is 530. The van der Waals surface area contributed by atoms with Gasteiger partial charge in [-0.25, -0.2) is 4.79 Å². The highest BCUT2D eigenvalue weighted by Gasteiger charge is 2.42. The largest absolute Gasteiger partial charge is 0.330 e. The monoisotopic (exact) mass is 338 g/mol. The molecule has 0 aromatic carbocycles. The SMILES string of the molecule is C/C=C(/NNC(=O)CCCC)[C@H]1C(=O)NC(=O)N(CCCC)C1=O. The molecule has 1 heterocycles. The first kappa shape index (κ1) is 19.7. The number of nitrogens with zero attached hydrogens (tertiary/aromatic N) is 1. The second kappa shape index (κ2) is 9.69. The standard InChI is InChI=1S/C16H26N4O4/c1-4-7-9-12(21)19-18-11(6-3)13-14(22)17-16(24)20(15(13)23)10-8-5-2/h6,13,18H,4-5,7-10H2,1-3H3,(H,19,21)(H,17,22,24)/b11-6+/t13-/m0/s1. The Balaban J connectivity index is 2.79. The molecule has 1 fully saturated rings. The molecule has 8 heteroatoms. The van der Waals surface area contributed by atoms with Gasteiger partial charge in [-0.3, -0.25) is 30.0 Å². The highest BCUT2D eigenvalue weighted by molar-refractivity contribution is 6.17. The smallest absolute Gasteiger partial charge is 0.302 e. The van der Waals surface area contributed by atoms with Crippen molar-refractivity contribution in [3.8, 4) is 0 Å². The average molecular weight is 338 g/mol. The van der Waals surface area contributed by atoms with Crippen LogP contribution in [0.2, 0.25) is 0 Å². The molecule has 3 N–H and O–H groups in total. The molecule has 0 radical (unpaired) electrons. The number of amides is 5. The molecule has 5 amide bonds. The maximum Gasteiger partial charge on any atom is 0.330 e. The van der Waals surface area contributed by atoms with Crippen LogP contribution in [0, 0.1) is 5.92 Å². The van der Waals surface area contributed by atoms with E-state index in [4.69, 9.17) is 0 Å². The third kappa shape index (κ3) is 5.07. The third-order valence-electron chi connectivity index (χ3n) is 3.71. The summed E-state index contributed by atoms with van der Waals surface area (Å²) in [5, 5.41) is 2.19. The lowest BCUT2D eigenvalue weighted by molar-refractivity contribution is -0.141. The number of unbranched alkanes of at least 4 members (excludes halogenated alkanes) is 2. The van der Waals surface area contributed by atoms with Gasteiger partial charge in [0.25, 0.3) is 0 Å². The summed E-state index contributed by atoms with van der Waals surface area (Å²) in [6, 6.07) is -0.697. The molecule has 0 aromatic rings. The Morgan fingerprint density at radius 2 is 1.83 bits per heavy atom. The lowest BCUT2D eigenvalue weighted by Gasteiger charge is -2.31. The Morgan fingerprint density at radius 1 is 1.17 bits per heavy atom. The Morgan fingerprint density at radius 3 is 2.42 bits per heavy atom. The van der Waals surface area contributed by atoms with Crippen molar-refractivity contribution in [2.24, 2.45) is 5.92 Å². The number of urea groups is 1. The molecule has 1 atom stereocenters. The first-order chi connectivity index (χ1) is 11.5. The zero-order valence-corrected chi connectivity index (χ0v) is 14.5. The summed E-state index contributed by atoms with van der Waals surface area (Å²) in [5.41, 5.74) is 5.37. The van der Waals surface area contributed by atoms with E-state index in [1.54, 1.807) is 6.92 Å². The van der Waals surface area contributed by atoms with E-state index < -0.39 is 23.8 Å². The highest BCUT2D eigenvalue weighted by atomic mass is 16.2. The zero-order valence-electron chi connectivity index (χ0n) is 14.5. The molecule has 8 nitrogen and oxygen atoms in total. The quantitative estimate of drug-likeness (QED) is 0.432. The number of hydrogen-bond donors (Lipinski definition) is 3. The fraction of sp³-hybridized carbons (Fsp3) is 0.625. The topological polar surface area (TPSA) is 108 Å². The first-order valence-corrected chi connectivity index (χ1v) is 8.33. The van der Waals surface area contributed by atoms with Gasteiger partial charge >= 0.3 is 6.03 Å². The van der Waals surface area contributed by atoms with Gasteiger partial charge in [0.2, 0.25) is 17.7 Å². The predicted molar refractivity (Wildman–Crippen MR) is 88.2 cm³/mol. The highest BCUT2D eigenvalue weighted by Crippen LogP contribution is 2.17. The number of carbonyl (C=O) groups excluding carboxylic acids is 4. The number of barbiturate groups is 1. The molecule has 1 rings (SSSR count). The van der Waals surface area contributed by atoms with E-state index in [0.717, 1.165) is 24.2 Å². The van der Waals surface area contributed by atoms with Gasteiger partial charge in [-0.05, 0) is 19.8 Å². The molecule has 0 spiro atoms. The third-order valence-corrected chi connectivity index (χ3v) is 3.71. The molecular weight excluding hydrogens is 312 g/mol. The average Bonchev–Trinajstić information content (AvgIpc) is 2.55. The second-order valence-electron chi connectivity index (χ2n) is 5.59. The fourth-order valence-electron chi connectivity index (χ4n) is 2.27. The summed E-state index contributed by atoms with van der Waals surface area (Å²) >= 11 is 0. The second-order valence-corrected chi connectivity index (χ2v) is 5.59. The minimum absolute atomic E-state index is 0.223. The van der Waals surface area contributed by atoms with Crippen LogP contribution in [-0.4, -0.2) is 35.2 Å². The lowest BCUT2D eigenvalue weighted by atomic mass is 10.00. The fourth-order valence-corrected chi connectivity index (χ4v) is 2.27. The van der Waals surface area contributed by atoms with Gasteiger partial charge in [0.15, 0.2) is 5.92 Å². The van der Waals surface area contributed by atoms with Crippen molar-refractivity contribution in [3.05, 3.63) is 11.8 Å². The molecular formula is C16H26N4O4. The first-order valence-electron chi connectivity index (χ1n) is 8.33. The van der Waals surface area contributed by atoms with Crippen LogP contribution in [0.4, 0.5) is 4.79 Å². The van der Waals surface area contributed by atoms with Gasteiger partial charge in [-0.1, -0.05) is 32.8 Å². The van der Waals surface area contributed by atoms with Crippen LogP contribution < -0.4 is 16.2 Å². The van der Waals surface area contributed by atoms with E-state index in [1.807, 2.05) is 13.8 Å². The van der Waals surface area contributed by atoms with Gasteiger partial charge < -0.3 is 5.43 Å². The number of rotatable bonds is 9.